The standard InChI is InChI=1S/C17H19FO/c1-12-4-7-14(8-5-12)11-17(3,19)15-9-6-13(2)16(18)10-15/h4-10,19H,11H2,1-3H3. The molecule has 1 nitrogen and oxygen atoms in total. The Bertz CT molecular complexity index is 570. The molecule has 19 heavy (non-hydrogen) atoms. The minimum Gasteiger partial charge on any atom is -0.385 e. The van der Waals surface area contributed by atoms with Crippen LogP contribution < -0.4 is 0 Å². The van der Waals surface area contributed by atoms with Crippen molar-refractivity contribution >= 4 is 0 Å². The maximum Gasteiger partial charge on any atom is 0.126 e. The van der Waals surface area contributed by atoms with Crippen LogP contribution in [0.1, 0.15) is 29.2 Å². The molecule has 0 fully saturated rings. The van der Waals surface area contributed by atoms with Crippen LogP contribution in [0.25, 0.3) is 0 Å². The Hall–Kier alpha value is -1.67. The maximum absolute atomic E-state index is 13.6. The summed E-state index contributed by atoms with van der Waals surface area (Å²) in [6.07, 6.45) is 0.468. The summed E-state index contributed by atoms with van der Waals surface area (Å²) in [7, 11) is 0. The second-order valence-electron chi connectivity index (χ2n) is 5.40. The molecule has 0 heterocycles. The van der Waals surface area contributed by atoms with Crippen molar-refractivity contribution < 1.29 is 9.50 Å². The Morgan fingerprint density at radius 3 is 2.26 bits per heavy atom. The molecular weight excluding hydrogens is 239 g/mol. The molecule has 1 N–H and O–H groups in total. The van der Waals surface area contributed by atoms with Gasteiger partial charge in [0.2, 0.25) is 0 Å². The number of hydrogen-bond acceptors (Lipinski definition) is 1. The molecule has 2 heteroatoms. The molecule has 2 aromatic rings. The smallest absolute Gasteiger partial charge is 0.126 e. The van der Waals surface area contributed by atoms with Gasteiger partial charge in [0.1, 0.15) is 5.82 Å². The van der Waals surface area contributed by atoms with E-state index >= 15 is 0 Å². The first kappa shape index (κ1) is 13.8. The van der Waals surface area contributed by atoms with E-state index in [1.165, 1.54) is 11.6 Å². The Kier molecular flexibility index (Phi) is 3.72. The van der Waals surface area contributed by atoms with Gasteiger partial charge in [-0.25, -0.2) is 4.39 Å². The zero-order valence-electron chi connectivity index (χ0n) is 11.6. The van der Waals surface area contributed by atoms with Crippen molar-refractivity contribution in [2.45, 2.75) is 32.8 Å². The highest BCUT2D eigenvalue weighted by molar-refractivity contribution is 5.30. The van der Waals surface area contributed by atoms with Crippen molar-refractivity contribution in [3.8, 4) is 0 Å². The van der Waals surface area contributed by atoms with E-state index in [4.69, 9.17) is 0 Å². The SMILES string of the molecule is Cc1ccc(CC(C)(O)c2ccc(C)c(F)c2)cc1. The molecule has 0 aliphatic carbocycles. The van der Waals surface area contributed by atoms with Gasteiger partial charge in [0, 0.05) is 6.42 Å². The van der Waals surface area contributed by atoms with Crippen molar-refractivity contribution in [3.63, 3.8) is 0 Å². The molecule has 0 bridgehead atoms. The fourth-order valence-electron chi connectivity index (χ4n) is 2.13. The molecule has 0 aromatic heterocycles. The number of aliphatic hydroxyl groups is 1. The molecule has 100 valence electrons. The fraction of sp³-hybridized carbons (Fsp3) is 0.294. The Labute approximate surface area is 113 Å². The second-order valence-corrected chi connectivity index (χ2v) is 5.40. The van der Waals surface area contributed by atoms with Gasteiger partial charge in [-0.3, -0.25) is 0 Å². The second kappa shape index (κ2) is 5.14. The van der Waals surface area contributed by atoms with Gasteiger partial charge in [0.05, 0.1) is 5.60 Å². The number of rotatable bonds is 3. The van der Waals surface area contributed by atoms with E-state index in [1.807, 2.05) is 31.2 Å². The first-order chi connectivity index (χ1) is 8.88. The number of halogens is 1. The van der Waals surface area contributed by atoms with Crippen molar-refractivity contribution in [1.29, 1.82) is 0 Å². The molecule has 0 saturated carbocycles. The molecule has 0 spiro atoms. The van der Waals surface area contributed by atoms with Crippen molar-refractivity contribution in [2.24, 2.45) is 0 Å². The van der Waals surface area contributed by atoms with E-state index in [0.717, 1.165) is 5.56 Å². The summed E-state index contributed by atoms with van der Waals surface area (Å²) >= 11 is 0. The number of hydrogen-bond donors (Lipinski definition) is 1. The molecular formula is C17H19FO. The molecule has 0 saturated heterocycles. The number of aryl methyl sites for hydroxylation is 2. The van der Waals surface area contributed by atoms with Crippen molar-refractivity contribution in [2.75, 3.05) is 0 Å². The zero-order chi connectivity index (χ0) is 14.0. The lowest BCUT2D eigenvalue weighted by atomic mass is 9.88. The van der Waals surface area contributed by atoms with E-state index in [-0.39, 0.29) is 5.82 Å². The van der Waals surface area contributed by atoms with Gasteiger partial charge in [0.15, 0.2) is 0 Å². The maximum atomic E-state index is 13.6. The monoisotopic (exact) mass is 258 g/mol. The van der Waals surface area contributed by atoms with E-state index in [2.05, 4.69) is 0 Å². The van der Waals surface area contributed by atoms with Crippen LogP contribution in [-0.4, -0.2) is 5.11 Å². The topological polar surface area (TPSA) is 20.2 Å². The summed E-state index contributed by atoms with van der Waals surface area (Å²) in [5.74, 6) is -0.276. The predicted octanol–water partition coefficient (Wildman–Crippen LogP) is 3.89. The van der Waals surface area contributed by atoms with Crippen LogP contribution in [0, 0.1) is 19.7 Å². The van der Waals surface area contributed by atoms with Crippen LogP contribution in [0.2, 0.25) is 0 Å². The highest BCUT2D eigenvalue weighted by Gasteiger charge is 2.24. The lowest BCUT2D eigenvalue weighted by Gasteiger charge is -2.24. The normalized spacial score (nSPS) is 14.2. The highest BCUT2D eigenvalue weighted by atomic mass is 19.1. The van der Waals surface area contributed by atoms with Gasteiger partial charge in [0.25, 0.3) is 0 Å². The van der Waals surface area contributed by atoms with Crippen LogP contribution in [0.3, 0.4) is 0 Å². The summed E-state index contributed by atoms with van der Waals surface area (Å²) in [4.78, 5) is 0. The quantitative estimate of drug-likeness (QED) is 0.885. The molecule has 1 unspecified atom stereocenters. The van der Waals surface area contributed by atoms with Gasteiger partial charge < -0.3 is 5.11 Å². The van der Waals surface area contributed by atoms with Gasteiger partial charge in [-0.15, -0.1) is 0 Å². The first-order valence-corrected chi connectivity index (χ1v) is 6.43. The molecule has 2 rings (SSSR count). The van der Waals surface area contributed by atoms with E-state index < -0.39 is 5.60 Å². The van der Waals surface area contributed by atoms with Crippen molar-refractivity contribution in [1.82, 2.24) is 0 Å². The summed E-state index contributed by atoms with van der Waals surface area (Å²) in [5, 5.41) is 10.6. The lowest BCUT2D eigenvalue weighted by Crippen LogP contribution is -2.24. The summed E-state index contributed by atoms with van der Waals surface area (Å²) < 4.78 is 13.6. The van der Waals surface area contributed by atoms with Crippen molar-refractivity contribution in [3.05, 3.63) is 70.5 Å². The van der Waals surface area contributed by atoms with Crippen LogP contribution in [0.15, 0.2) is 42.5 Å². The lowest BCUT2D eigenvalue weighted by molar-refractivity contribution is 0.0573. The molecule has 2 aromatic carbocycles. The van der Waals surface area contributed by atoms with Crippen LogP contribution >= 0.6 is 0 Å². The van der Waals surface area contributed by atoms with Crippen LogP contribution in [-0.2, 0) is 12.0 Å². The van der Waals surface area contributed by atoms with E-state index in [1.54, 1.807) is 26.0 Å². The molecule has 1 atom stereocenters. The molecule has 0 amide bonds. The summed E-state index contributed by atoms with van der Waals surface area (Å²) in [5.41, 5.74) is 2.36. The average molecular weight is 258 g/mol. The minimum atomic E-state index is -1.07. The van der Waals surface area contributed by atoms with Crippen LogP contribution in [0.5, 0.6) is 0 Å². The molecule has 0 radical (unpaired) electrons. The third-order valence-electron chi connectivity index (χ3n) is 3.46. The first-order valence-electron chi connectivity index (χ1n) is 6.43. The summed E-state index contributed by atoms with van der Waals surface area (Å²) in [6.45, 7) is 5.46. The van der Waals surface area contributed by atoms with Gasteiger partial charge in [-0.2, -0.15) is 0 Å². The average Bonchev–Trinajstić information content (AvgIpc) is 2.35. The largest absolute Gasteiger partial charge is 0.385 e. The van der Waals surface area contributed by atoms with Gasteiger partial charge >= 0.3 is 0 Å². The number of benzene rings is 2. The van der Waals surface area contributed by atoms with Crippen LogP contribution in [0.4, 0.5) is 4.39 Å². The Morgan fingerprint density at radius 1 is 1.05 bits per heavy atom. The third-order valence-corrected chi connectivity index (χ3v) is 3.46. The Balaban J connectivity index is 2.26. The van der Waals surface area contributed by atoms with E-state index in [0.29, 0.717) is 17.5 Å². The van der Waals surface area contributed by atoms with Gasteiger partial charge in [-0.05, 0) is 43.5 Å². The fourth-order valence-corrected chi connectivity index (χ4v) is 2.13. The Morgan fingerprint density at radius 2 is 1.68 bits per heavy atom. The van der Waals surface area contributed by atoms with Gasteiger partial charge in [-0.1, -0.05) is 42.0 Å². The third kappa shape index (κ3) is 3.21. The van der Waals surface area contributed by atoms with E-state index in [9.17, 15) is 9.50 Å². The zero-order valence-corrected chi connectivity index (χ0v) is 11.6. The highest BCUT2D eigenvalue weighted by Crippen LogP contribution is 2.26. The summed E-state index contributed by atoms with van der Waals surface area (Å²) in [6, 6.07) is 12.9. The molecule has 0 aliphatic rings. The predicted molar refractivity (Wildman–Crippen MR) is 75.6 cm³/mol. The minimum absolute atomic E-state index is 0.276. The molecule has 0 aliphatic heterocycles.